The summed E-state index contributed by atoms with van der Waals surface area (Å²) in [6.45, 7) is 10.2. The van der Waals surface area contributed by atoms with Gasteiger partial charge >= 0.3 is 0 Å². The molecule has 35 heavy (non-hydrogen) atoms. The van der Waals surface area contributed by atoms with Gasteiger partial charge in [-0.1, -0.05) is 29.6 Å². The Balaban J connectivity index is 1.58. The van der Waals surface area contributed by atoms with Crippen LogP contribution in [0.25, 0.3) is 0 Å². The first-order valence-electron chi connectivity index (χ1n) is 13.9. The Labute approximate surface area is 214 Å². The van der Waals surface area contributed by atoms with Crippen LogP contribution in [0.15, 0.2) is 0 Å². The highest BCUT2D eigenvalue weighted by atomic mass is 14.8. The van der Waals surface area contributed by atoms with Gasteiger partial charge in [0, 0.05) is 27.1 Å². The van der Waals surface area contributed by atoms with E-state index in [1.807, 2.05) is 20.8 Å². The number of hydrogen-bond acceptors (Lipinski definition) is 0. The van der Waals surface area contributed by atoms with Crippen molar-refractivity contribution in [1.82, 2.24) is 0 Å². The molecule has 2 unspecified atom stereocenters. The van der Waals surface area contributed by atoms with Crippen LogP contribution in [0.1, 0.15) is 112 Å². The minimum absolute atomic E-state index is 0.0632. The average molecular weight is 461 g/mol. The molecule has 0 amide bonds. The number of hydrogen-bond donors (Lipinski definition) is 0. The van der Waals surface area contributed by atoms with Crippen LogP contribution in [-0.4, -0.2) is 0 Å². The van der Waals surface area contributed by atoms with Crippen LogP contribution in [-0.2, 0) is 0 Å². The topological polar surface area (TPSA) is 0 Å². The van der Waals surface area contributed by atoms with Crippen LogP contribution in [0, 0.1) is 103 Å². The van der Waals surface area contributed by atoms with E-state index in [9.17, 15) is 0 Å². The SMILES string of the molecule is CC#CC12CC3CC(C#CC)(C1)CC(C14CC5(C#CC)CC(C#CC)(CC(C#CC)(C5)C1)C4)(C3)C2. The third-order valence-electron chi connectivity index (χ3n) is 11.2. The predicted octanol–water partition coefficient (Wildman–Crippen LogP) is 7.39. The minimum Gasteiger partial charge on any atom is -0.106 e. The lowest BCUT2D eigenvalue weighted by Gasteiger charge is -2.76. The zero-order valence-electron chi connectivity index (χ0n) is 22.6. The van der Waals surface area contributed by atoms with Crippen molar-refractivity contribution in [3.05, 3.63) is 0 Å². The van der Waals surface area contributed by atoms with E-state index in [1.54, 1.807) is 0 Å². The van der Waals surface area contributed by atoms with Gasteiger partial charge in [0.05, 0.1) is 0 Å². The summed E-state index contributed by atoms with van der Waals surface area (Å²) in [5, 5.41) is 0. The molecule has 8 fully saturated rings. The minimum atomic E-state index is 0.0632. The van der Waals surface area contributed by atoms with E-state index in [0.29, 0.717) is 5.41 Å². The molecule has 0 heteroatoms. The van der Waals surface area contributed by atoms with E-state index in [2.05, 4.69) is 73.1 Å². The molecule has 0 radical (unpaired) electrons. The zero-order valence-corrected chi connectivity index (χ0v) is 22.6. The first-order chi connectivity index (χ1) is 16.7. The van der Waals surface area contributed by atoms with E-state index in [-0.39, 0.29) is 32.5 Å². The van der Waals surface area contributed by atoms with Gasteiger partial charge in [0.15, 0.2) is 0 Å². The molecule has 0 nitrogen and oxygen atoms in total. The van der Waals surface area contributed by atoms with Crippen LogP contribution >= 0.6 is 0 Å². The van der Waals surface area contributed by atoms with Crippen molar-refractivity contribution in [2.24, 2.45) is 43.8 Å². The maximum Gasteiger partial charge on any atom is 0.0349 e. The lowest BCUT2D eigenvalue weighted by molar-refractivity contribution is -0.252. The molecule has 0 aromatic carbocycles. The Morgan fingerprint density at radius 3 is 1.06 bits per heavy atom. The van der Waals surface area contributed by atoms with E-state index < -0.39 is 0 Å². The van der Waals surface area contributed by atoms with Gasteiger partial charge in [-0.2, -0.15) is 0 Å². The van der Waals surface area contributed by atoms with Gasteiger partial charge in [0.1, 0.15) is 0 Å². The summed E-state index contributed by atoms with van der Waals surface area (Å²) in [7, 11) is 0. The summed E-state index contributed by atoms with van der Waals surface area (Å²) >= 11 is 0. The molecule has 8 saturated carbocycles. The summed E-state index contributed by atoms with van der Waals surface area (Å²) in [5.41, 5.74) is 1.04. The lowest BCUT2D eigenvalue weighted by Crippen LogP contribution is -2.69. The fourth-order valence-electron chi connectivity index (χ4n) is 12.2. The molecule has 0 spiro atoms. The zero-order chi connectivity index (χ0) is 24.6. The van der Waals surface area contributed by atoms with Crippen LogP contribution in [0.2, 0.25) is 0 Å². The molecule has 0 saturated heterocycles. The van der Waals surface area contributed by atoms with Crippen molar-refractivity contribution in [3.63, 3.8) is 0 Å². The third kappa shape index (κ3) is 3.08. The fourth-order valence-corrected chi connectivity index (χ4v) is 12.2. The first kappa shape index (κ1) is 23.2. The lowest BCUT2D eigenvalue weighted by atomic mass is 9.26. The molecule has 0 N–H and O–H groups in total. The van der Waals surface area contributed by atoms with Gasteiger partial charge in [0.2, 0.25) is 0 Å². The van der Waals surface area contributed by atoms with Gasteiger partial charge in [-0.25, -0.2) is 0 Å². The summed E-state index contributed by atoms with van der Waals surface area (Å²) in [6, 6.07) is 0. The molecule has 8 rings (SSSR count). The second-order valence-electron chi connectivity index (χ2n) is 13.9. The van der Waals surface area contributed by atoms with E-state index in [1.165, 1.54) is 57.8 Å². The highest BCUT2D eigenvalue weighted by molar-refractivity contribution is 5.39. The van der Waals surface area contributed by atoms with Crippen molar-refractivity contribution in [3.8, 4) is 59.2 Å². The Bertz CT molecular complexity index is 1150. The van der Waals surface area contributed by atoms with Gasteiger partial charge in [0.25, 0.3) is 0 Å². The smallest absolute Gasteiger partial charge is 0.0349 e. The van der Waals surface area contributed by atoms with Crippen molar-refractivity contribution >= 4 is 0 Å². The van der Waals surface area contributed by atoms with Gasteiger partial charge in [-0.3, -0.25) is 0 Å². The van der Waals surface area contributed by atoms with Crippen molar-refractivity contribution in [1.29, 1.82) is 0 Å². The second-order valence-corrected chi connectivity index (χ2v) is 13.9. The van der Waals surface area contributed by atoms with E-state index in [4.69, 9.17) is 0 Å². The van der Waals surface area contributed by atoms with Crippen molar-refractivity contribution < 1.29 is 0 Å². The highest BCUT2D eigenvalue weighted by Crippen LogP contribution is 2.83. The molecular weight excluding hydrogens is 420 g/mol. The normalized spacial score (nSPS) is 51.3. The maximum atomic E-state index is 3.84. The summed E-state index contributed by atoms with van der Waals surface area (Å²) in [5.74, 6) is 36.9. The average Bonchev–Trinajstić information content (AvgIpc) is 2.71. The Morgan fingerprint density at radius 1 is 0.371 bits per heavy atom. The summed E-state index contributed by atoms with van der Waals surface area (Å²) in [6.07, 6.45) is 14.9. The summed E-state index contributed by atoms with van der Waals surface area (Å²) < 4.78 is 0. The molecule has 0 aliphatic heterocycles. The molecule has 180 valence electrons. The van der Waals surface area contributed by atoms with E-state index >= 15 is 0 Å². The Kier molecular flexibility index (Phi) is 4.76. The molecule has 8 bridgehead atoms. The van der Waals surface area contributed by atoms with E-state index in [0.717, 1.165) is 25.2 Å². The molecule has 0 heterocycles. The Hall–Kier alpha value is -2.20. The third-order valence-corrected chi connectivity index (χ3v) is 11.2. The van der Waals surface area contributed by atoms with Crippen molar-refractivity contribution in [2.45, 2.75) is 112 Å². The molecule has 8 aliphatic carbocycles. The Morgan fingerprint density at radius 2 is 0.686 bits per heavy atom. The molecular formula is C35H40. The first-order valence-corrected chi connectivity index (χ1v) is 13.9. The molecule has 0 aromatic rings. The number of rotatable bonds is 1. The second kappa shape index (κ2) is 7.18. The van der Waals surface area contributed by atoms with Crippen LogP contribution < -0.4 is 0 Å². The monoisotopic (exact) mass is 460 g/mol. The van der Waals surface area contributed by atoms with Crippen LogP contribution in [0.3, 0.4) is 0 Å². The van der Waals surface area contributed by atoms with Gasteiger partial charge in [-0.05, 0) is 128 Å². The van der Waals surface area contributed by atoms with Crippen LogP contribution in [0.5, 0.6) is 0 Å². The predicted molar refractivity (Wildman–Crippen MR) is 143 cm³/mol. The molecule has 0 aromatic heterocycles. The van der Waals surface area contributed by atoms with Crippen molar-refractivity contribution in [2.75, 3.05) is 0 Å². The largest absolute Gasteiger partial charge is 0.106 e. The fraction of sp³-hybridized carbons (Fsp3) is 0.714. The molecule has 2 atom stereocenters. The molecule has 8 aliphatic rings. The van der Waals surface area contributed by atoms with Gasteiger partial charge < -0.3 is 0 Å². The van der Waals surface area contributed by atoms with Gasteiger partial charge in [-0.15, -0.1) is 29.6 Å². The summed E-state index contributed by atoms with van der Waals surface area (Å²) in [4.78, 5) is 0. The van der Waals surface area contributed by atoms with Crippen LogP contribution in [0.4, 0.5) is 0 Å². The standard InChI is InChI=1S/C35H40/c1-6-11-29-16-28-17-30(19-29,12-7-2)24-34(18-28,23-29)35-25-31(13-8-3)20-32(26-35,14-9-4)22-33(21-31,27-35)15-10-5/h28H,16-27H2,1-5H3. The maximum absolute atomic E-state index is 3.84. The highest BCUT2D eigenvalue weighted by Gasteiger charge is 2.76. The quantitative estimate of drug-likeness (QED) is 0.358.